The second kappa shape index (κ2) is 19.1. The Labute approximate surface area is 298 Å². The molecule has 0 bridgehead atoms. The summed E-state index contributed by atoms with van der Waals surface area (Å²) in [5.41, 5.74) is 0.966. The van der Waals surface area contributed by atoms with Crippen LogP contribution in [-0.4, -0.2) is 38.4 Å². The van der Waals surface area contributed by atoms with E-state index in [1.165, 1.54) is 63.5 Å². The van der Waals surface area contributed by atoms with Gasteiger partial charge in [-0.05, 0) is 46.4 Å². The highest BCUT2D eigenvalue weighted by molar-refractivity contribution is 6.11. The van der Waals surface area contributed by atoms with Crippen molar-refractivity contribution >= 4 is 21.5 Å². The second-order valence-corrected chi connectivity index (χ2v) is 13.6. The number of fused-ring (bicyclic) bond motifs is 2. The fourth-order valence-corrected chi connectivity index (χ4v) is 6.67. The molecule has 1 aromatic heterocycles. The summed E-state index contributed by atoms with van der Waals surface area (Å²) in [6, 6.07) is 21.7. The van der Waals surface area contributed by atoms with Gasteiger partial charge in [0.05, 0.1) is 13.2 Å². The Balaban J connectivity index is 1.39. The van der Waals surface area contributed by atoms with Crippen LogP contribution in [0, 0.1) is 5.92 Å². The molecule has 2 N–H and O–H groups in total. The van der Waals surface area contributed by atoms with Gasteiger partial charge < -0.3 is 19.7 Å². The minimum atomic E-state index is -0.164. The first kappa shape index (κ1) is 36.9. The van der Waals surface area contributed by atoms with Gasteiger partial charge in [0.2, 0.25) is 0 Å². The summed E-state index contributed by atoms with van der Waals surface area (Å²) in [6.45, 7) is 7.61. The summed E-state index contributed by atoms with van der Waals surface area (Å²) >= 11 is 0. The Morgan fingerprint density at radius 2 is 1.12 bits per heavy atom. The topological polar surface area (TPSA) is 97.6 Å². The Hall–Kier alpha value is -4.39. The molecule has 0 aliphatic heterocycles. The number of phenols is 2. The molecule has 4 aromatic carbocycles. The SMILES string of the molecule is CCCCCCCCCCCCOc1cc(O)c(-c2nc(OCC(CC)CCCC)nc(-c3c4ccccc4cc4ccccc34)n2)c(O)c1. The summed E-state index contributed by atoms with van der Waals surface area (Å²) < 4.78 is 12.2. The molecule has 1 heterocycles. The van der Waals surface area contributed by atoms with E-state index >= 15 is 0 Å². The zero-order valence-corrected chi connectivity index (χ0v) is 30.3. The summed E-state index contributed by atoms with van der Waals surface area (Å²) in [4.78, 5) is 14.4. The van der Waals surface area contributed by atoms with Gasteiger partial charge in [-0.15, -0.1) is 0 Å². The Bertz CT molecular complexity index is 1730. The molecule has 0 fully saturated rings. The van der Waals surface area contributed by atoms with Gasteiger partial charge in [0.1, 0.15) is 22.8 Å². The normalized spacial score (nSPS) is 12.1. The molecule has 266 valence electrons. The van der Waals surface area contributed by atoms with Crippen LogP contribution < -0.4 is 9.47 Å². The summed E-state index contributed by atoms with van der Waals surface area (Å²) in [6.07, 6.45) is 16.7. The van der Waals surface area contributed by atoms with Crippen LogP contribution in [0.25, 0.3) is 44.3 Å². The van der Waals surface area contributed by atoms with Crippen molar-refractivity contribution in [3.63, 3.8) is 0 Å². The third kappa shape index (κ3) is 9.86. The summed E-state index contributed by atoms with van der Waals surface area (Å²) in [7, 11) is 0. The number of hydrogen-bond donors (Lipinski definition) is 2. The maximum atomic E-state index is 11.3. The molecule has 0 radical (unpaired) electrons. The number of aromatic hydroxyl groups is 2. The van der Waals surface area contributed by atoms with Crippen molar-refractivity contribution in [3.8, 4) is 46.0 Å². The monoisotopic (exact) mass is 677 g/mol. The van der Waals surface area contributed by atoms with Crippen molar-refractivity contribution in [1.29, 1.82) is 0 Å². The molecule has 7 heteroatoms. The molecule has 0 aliphatic carbocycles. The number of hydrogen-bond acceptors (Lipinski definition) is 7. The molecule has 0 spiro atoms. The predicted octanol–water partition coefficient (Wildman–Crippen LogP) is 11.8. The average molecular weight is 678 g/mol. The lowest BCUT2D eigenvalue weighted by atomic mass is 9.96. The van der Waals surface area contributed by atoms with E-state index in [2.05, 4.69) is 56.1 Å². The van der Waals surface area contributed by atoms with E-state index in [0.29, 0.717) is 30.7 Å². The lowest BCUT2D eigenvalue weighted by Crippen LogP contribution is -2.13. The predicted molar refractivity (Wildman–Crippen MR) is 205 cm³/mol. The number of aromatic nitrogens is 3. The molecular weight excluding hydrogens is 622 g/mol. The van der Waals surface area contributed by atoms with Gasteiger partial charge in [-0.25, -0.2) is 4.98 Å². The fraction of sp³-hybridized carbons (Fsp3) is 0.465. The molecule has 0 amide bonds. The van der Waals surface area contributed by atoms with E-state index in [9.17, 15) is 10.2 Å². The highest BCUT2D eigenvalue weighted by Crippen LogP contribution is 2.41. The maximum Gasteiger partial charge on any atom is 0.320 e. The number of phenolic OH excluding ortho intramolecular Hbond substituents is 2. The average Bonchev–Trinajstić information content (AvgIpc) is 3.12. The van der Waals surface area contributed by atoms with Crippen LogP contribution in [0.15, 0.2) is 66.7 Å². The van der Waals surface area contributed by atoms with Crippen LogP contribution in [0.5, 0.6) is 23.3 Å². The van der Waals surface area contributed by atoms with Crippen LogP contribution in [-0.2, 0) is 0 Å². The minimum absolute atomic E-state index is 0.118. The fourth-order valence-electron chi connectivity index (χ4n) is 6.67. The van der Waals surface area contributed by atoms with E-state index in [-0.39, 0.29) is 28.9 Å². The van der Waals surface area contributed by atoms with E-state index in [4.69, 9.17) is 19.4 Å². The maximum absolute atomic E-state index is 11.3. The largest absolute Gasteiger partial charge is 0.507 e. The molecule has 1 unspecified atom stereocenters. The van der Waals surface area contributed by atoms with Crippen molar-refractivity contribution in [2.75, 3.05) is 13.2 Å². The number of rotatable bonds is 21. The van der Waals surface area contributed by atoms with Crippen LogP contribution in [0.3, 0.4) is 0 Å². The van der Waals surface area contributed by atoms with Crippen molar-refractivity contribution < 1.29 is 19.7 Å². The molecule has 0 saturated carbocycles. The number of ether oxygens (including phenoxy) is 2. The Morgan fingerprint density at radius 1 is 0.580 bits per heavy atom. The molecule has 0 aliphatic rings. The summed E-state index contributed by atoms with van der Waals surface area (Å²) in [5.74, 6) is 1.00. The molecule has 0 saturated heterocycles. The molecule has 7 nitrogen and oxygen atoms in total. The standard InChI is InChI=1S/C43H55N3O4/c1-4-7-9-10-11-12-13-14-15-20-26-49-34-28-37(47)40(38(48)29-34)42-44-41(45-43(46-42)50-30-31(6-3)21-8-5-2)39-35-24-18-16-22-32(35)27-33-23-17-19-25-36(33)39/h16-19,22-25,27-29,31,47-48H,4-15,20-21,26,30H2,1-3H3. The van der Waals surface area contributed by atoms with Gasteiger partial charge in [0.25, 0.3) is 0 Å². The van der Waals surface area contributed by atoms with E-state index < -0.39 is 0 Å². The number of unbranched alkanes of at least 4 members (excludes halogenated alkanes) is 10. The number of benzene rings is 4. The Kier molecular flexibility index (Phi) is 14.1. The van der Waals surface area contributed by atoms with Gasteiger partial charge in [0.15, 0.2) is 11.6 Å². The zero-order valence-electron chi connectivity index (χ0n) is 30.3. The van der Waals surface area contributed by atoms with Gasteiger partial charge in [-0.3, -0.25) is 0 Å². The van der Waals surface area contributed by atoms with Crippen LogP contribution in [0.2, 0.25) is 0 Å². The molecule has 5 aromatic rings. The highest BCUT2D eigenvalue weighted by atomic mass is 16.5. The quantitative estimate of drug-likeness (QED) is 0.0589. The van der Waals surface area contributed by atoms with Gasteiger partial charge >= 0.3 is 6.01 Å². The van der Waals surface area contributed by atoms with E-state index in [1.54, 1.807) is 0 Å². The van der Waals surface area contributed by atoms with Crippen molar-refractivity contribution in [2.45, 2.75) is 111 Å². The lowest BCUT2D eigenvalue weighted by molar-refractivity contribution is 0.217. The Morgan fingerprint density at radius 3 is 1.70 bits per heavy atom. The number of nitrogens with zero attached hydrogens (tertiary/aromatic N) is 3. The lowest BCUT2D eigenvalue weighted by Gasteiger charge is -2.17. The third-order valence-electron chi connectivity index (χ3n) is 9.66. The van der Waals surface area contributed by atoms with Crippen molar-refractivity contribution in [1.82, 2.24) is 15.0 Å². The van der Waals surface area contributed by atoms with Crippen molar-refractivity contribution in [2.24, 2.45) is 5.92 Å². The molecular formula is C43H55N3O4. The van der Waals surface area contributed by atoms with Crippen molar-refractivity contribution in [3.05, 3.63) is 66.7 Å². The first-order chi connectivity index (χ1) is 24.5. The highest BCUT2D eigenvalue weighted by Gasteiger charge is 2.22. The minimum Gasteiger partial charge on any atom is -0.507 e. The zero-order chi connectivity index (χ0) is 35.1. The van der Waals surface area contributed by atoms with Crippen LogP contribution in [0.1, 0.15) is 111 Å². The van der Waals surface area contributed by atoms with Gasteiger partial charge in [0, 0.05) is 17.7 Å². The first-order valence-electron chi connectivity index (χ1n) is 19.0. The molecule has 50 heavy (non-hydrogen) atoms. The van der Waals surface area contributed by atoms with Crippen LogP contribution >= 0.6 is 0 Å². The smallest absolute Gasteiger partial charge is 0.320 e. The van der Waals surface area contributed by atoms with E-state index in [0.717, 1.165) is 65.6 Å². The first-order valence-corrected chi connectivity index (χ1v) is 19.0. The summed E-state index contributed by atoms with van der Waals surface area (Å²) in [5, 5.41) is 26.7. The molecule has 5 rings (SSSR count). The van der Waals surface area contributed by atoms with Crippen LogP contribution in [0.4, 0.5) is 0 Å². The van der Waals surface area contributed by atoms with Gasteiger partial charge in [-0.2, -0.15) is 9.97 Å². The third-order valence-corrected chi connectivity index (χ3v) is 9.66. The van der Waals surface area contributed by atoms with Gasteiger partial charge in [-0.1, -0.05) is 146 Å². The van der Waals surface area contributed by atoms with E-state index in [1.807, 2.05) is 24.3 Å². The second-order valence-electron chi connectivity index (χ2n) is 13.6. The molecule has 1 atom stereocenters.